The third-order valence-electron chi connectivity index (χ3n) is 3.85. The van der Waals surface area contributed by atoms with Crippen LogP contribution in [-0.2, 0) is 12.8 Å². The smallest absolute Gasteiger partial charge is 0.122 e. The summed E-state index contributed by atoms with van der Waals surface area (Å²) >= 11 is 4.47. The first-order valence-electron chi connectivity index (χ1n) is 6.26. The summed E-state index contributed by atoms with van der Waals surface area (Å²) in [7, 11) is 5.46. The van der Waals surface area contributed by atoms with E-state index < -0.39 is 0 Å². The molecule has 3 nitrogen and oxygen atoms in total. The Kier molecular flexibility index (Phi) is 4.40. The van der Waals surface area contributed by atoms with E-state index in [1.165, 1.54) is 11.1 Å². The average Bonchev–Trinajstić information content (AvgIpc) is 2.44. The molecule has 2 rings (SSSR count). The van der Waals surface area contributed by atoms with Crippen molar-refractivity contribution in [2.45, 2.75) is 18.9 Å². The van der Waals surface area contributed by atoms with E-state index in [1.54, 1.807) is 14.2 Å². The van der Waals surface area contributed by atoms with Gasteiger partial charge in [-0.25, -0.2) is 0 Å². The van der Waals surface area contributed by atoms with Crippen molar-refractivity contribution in [3.05, 3.63) is 23.3 Å². The zero-order valence-electron chi connectivity index (χ0n) is 11.2. The van der Waals surface area contributed by atoms with E-state index >= 15 is 0 Å². The zero-order valence-corrected chi connectivity index (χ0v) is 12.1. The molecule has 100 valence electrons. The molecule has 0 amide bonds. The first-order chi connectivity index (χ1) is 8.74. The van der Waals surface area contributed by atoms with E-state index in [0.29, 0.717) is 12.0 Å². The number of likely N-dealkylation sites (N-methyl/N-ethyl adjacent to an activating group) is 1. The van der Waals surface area contributed by atoms with Gasteiger partial charge in [0.2, 0.25) is 0 Å². The molecule has 0 saturated heterocycles. The summed E-state index contributed by atoms with van der Waals surface area (Å²) in [6.45, 7) is 0. The number of fused-ring (bicyclic) bond motifs is 1. The molecule has 0 heterocycles. The van der Waals surface area contributed by atoms with Crippen molar-refractivity contribution < 1.29 is 9.47 Å². The minimum Gasteiger partial charge on any atom is -0.496 e. The van der Waals surface area contributed by atoms with Crippen molar-refractivity contribution in [2.75, 3.05) is 27.0 Å². The fourth-order valence-electron chi connectivity index (χ4n) is 2.80. The highest BCUT2D eigenvalue weighted by atomic mass is 32.1. The van der Waals surface area contributed by atoms with Crippen LogP contribution in [0.1, 0.15) is 11.1 Å². The number of rotatable bonds is 4. The summed E-state index contributed by atoms with van der Waals surface area (Å²) in [6, 6.07) is 4.44. The summed E-state index contributed by atoms with van der Waals surface area (Å²) in [5, 5.41) is 3.39. The second-order valence-electron chi connectivity index (χ2n) is 4.67. The number of methoxy groups -OCH3 is 2. The lowest BCUT2D eigenvalue weighted by Crippen LogP contribution is -2.41. The summed E-state index contributed by atoms with van der Waals surface area (Å²) < 4.78 is 10.9. The minimum atomic E-state index is 0.455. The summed E-state index contributed by atoms with van der Waals surface area (Å²) in [5.74, 6) is 3.34. The van der Waals surface area contributed by atoms with E-state index in [4.69, 9.17) is 9.47 Å². The van der Waals surface area contributed by atoms with Crippen LogP contribution < -0.4 is 14.8 Å². The fraction of sp³-hybridized carbons (Fsp3) is 0.571. The predicted molar refractivity (Wildman–Crippen MR) is 77.1 cm³/mol. The van der Waals surface area contributed by atoms with Gasteiger partial charge < -0.3 is 14.8 Å². The Bertz CT molecular complexity index is 384. The van der Waals surface area contributed by atoms with Gasteiger partial charge in [0.05, 0.1) is 14.2 Å². The summed E-state index contributed by atoms with van der Waals surface area (Å²) in [6.07, 6.45) is 1.96. The zero-order chi connectivity index (χ0) is 13.1. The quantitative estimate of drug-likeness (QED) is 0.817. The molecule has 0 fully saturated rings. The molecule has 1 N–H and O–H groups in total. The first-order valence-corrected chi connectivity index (χ1v) is 6.89. The van der Waals surface area contributed by atoms with Crippen LogP contribution in [-0.4, -0.2) is 33.1 Å². The molecule has 0 bridgehead atoms. The normalized spacial score (nSPS) is 22.4. The average molecular weight is 267 g/mol. The first kappa shape index (κ1) is 13.6. The van der Waals surface area contributed by atoms with Gasteiger partial charge in [-0.2, -0.15) is 12.6 Å². The van der Waals surface area contributed by atoms with E-state index in [0.717, 1.165) is 30.1 Å². The topological polar surface area (TPSA) is 30.5 Å². The van der Waals surface area contributed by atoms with Gasteiger partial charge in [0, 0.05) is 17.2 Å². The van der Waals surface area contributed by atoms with Crippen molar-refractivity contribution in [1.82, 2.24) is 5.32 Å². The van der Waals surface area contributed by atoms with Gasteiger partial charge in [-0.15, -0.1) is 0 Å². The second kappa shape index (κ2) is 5.85. The second-order valence-corrected chi connectivity index (χ2v) is 5.04. The standard InChI is InChI=1S/C14H21NO2S/c1-15-12-7-11-10(6-9(12)8-18)13(16-2)4-5-14(11)17-3/h4-5,9,12,15,18H,6-8H2,1-3H3/t9-,12-/m0/s1. The molecular formula is C14H21NO2S. The van der Waals surface area contributed by atoms with Crippen LogP contribution in [0.25, 0.3) is 0 Å². The molecule has 4 heteroatoms. The third-order valence-corrected chi connectivity index (χ3v) is 4.32. The van der Waals surface area contributed by atoms with Gasteiger partial charge in [0.15, 0.2) is 0 Å². The van der Waals surface area contributed by atoms with Gasteiger partial charge in [0.25, 0.3) is 0 Å². The third kappa shape index (κ3) is 2.31. The molecule has 0 saturated carbocycles. The van der Waals surface area contributed by atoms with Crippen LogP contribution in [0.15, 0.2) is 12.1 Å². The lowest BCUT2D eigenvalue weighted by Gasteiger charge is -2.33. The molecule has 2 atom stereocenters. The maximum absolute atomic E-state index is 5.47. The Balaban J connectivity index is 2.45. The van der Waals surface area contributed by atoms with Gasteiger partial charge in [-0.3, -0.25) is 0 Å². The summed E-state index contributed by atoms with van der Waals surface area (Å²) in [5.41, 5.74) is 2.55. The number of benzene rings is 1. The lowest BCUT2D eigenvalue weighted by atomic mass is 9.80. The monoisotopic (exact) mass is 267 g/mol. The molecule has 0 spiro atoms. The molecule has 0 aromatic heterocycles. The number of thiol groups is 1. The lowest BCUT2D eigenvalue weighted by molar-refractivity contribution is 0.344. The van der Waals surface area contributed by atoms with Crippen LogP contribution >= 0.6 is 12.6 Å². The Morgan fingerprint density at radius 1 is 1.17 bits per heavy atom. The molecule has 1 aromatic rings. The Morgan fingerprint density at radius 3 is 2.17 bits per heavy atom. The fourth-order valence-corrected chi connectivity index (χ4v) is 3.18. The van der Waals surface area contributed by atoms with Crippen molar-refractivity contribution in [3.63, 3.8) is 0 Å². The van der Waals surface area contributed by atoms with Crippen molar-refractivity contribution in [3.8, 4) is 11.5 Å². The van der Waals surface area contributed by atoms with Crippen molar-refractivity contribution >= 4 is 12.6 Å². The maximum Gasteiger partial charge on any atom is 0.122 e. The van der Waals surface area contributed by atoms with Crippen LogP contribution in [0.2, 0.25) is 0 Å². The SMILES string of the molecule is CN[C@H]1Cc2c(OC)ccc(OC)c2C[C@H]1CS. The Hall–Kier alpha value is -0.870. The highest BCUT2D eigenvalue weighted by molar-refractivity contribution is 7.80. The van der Waals surface area contributed by atoms with E-state index in [9.17, 15) is 0 Å². The molecule has 0 aliphatic heterocycles. The molecule has 1 aliphatic carbocycles. The molecular weight excluding hydrogens is 246 g/mol. The molecule has 18 heavy (non-hydrogen) atoms. The Morgan fingerprint density at radius 2 is 1.72 bits per heavy atom. The van der Waals surface area contributed by atoms with E-state index in [2.05, 4.69) is 17.9 Å². The molecule has 0 radical (unpaired) electrons. The van der Waals surface area contributed by atoms with Crippen LogP contribution in [0.3, 0.4) is 0 Å². The maximum atomic E-state index is 5.47. The highest BCUT2D eigenvalue weighted by Crippen LogP contribution is 2.38. The number of nitrogens with one attached hydrogen (secondary N) is 1. The largest absolute Gasteiger partial charge is 0.496 e. The highest BCUT2D eigenvalue weighted by Gasteiger charge is 2.30. The number of hydrogen-bond donors (Lipinski definition) is 2. The Labute approximate surface area is 114 Å². The van der Waals surface area contributed by atoms with Crippen LogP contribution in [0.5, 0.6) is 11.5 Å². The molecule has 1 aliphatic rings. The predicted octanol–water partition coefficient (Wildman–Crippen LogP) is 1.94. The van der Waals surface area contributed by atoms with E-state index in [1.807, 2.05) is 19.2 Å². The molecule has 1 aromatic carbocycles. The minimum absolute atomic E-state index is 0.455. The van der Waals surface area contributed by atoms with Gasteiger partial charge in [0.1, 0.15) is 11.5 Å². The van der Waals surface area contributed by atoms with Gasteiger partial charge in [-0.1, -0.05) is 0 Å². The van der Waals surface area contributed by atoms with Crippen LogP contribution in [0.4, 0.5) is 0 Å². The number of hydrogen-bond acceptors (Lipinski definition) is 4. The number of ether oxygens (including phenoxy) is 2. The summed E-state index contributed by atoms with van der Waals surface area (Å²) in [4.78, 5) is 0. The van der Waals surface area contributed by atoms with E-state index in [-0.39, 0.29) is 0 Å². The van der Waals surface area contributed by atoms with Crippen LogP contribution in [0, 0.1) is 5.92 Å². The van der Waals surface area contributed by atoms with Gasteiger partial charge in [-0.05, 0) is 43.7 Å². The van der Waals surface area contributed by atoms with Crippen molar-refractivity contribution in [1.29, 1.82) is 0 Å². The van der Waals surface area contributed by atoms with Gasteiger partial charge >= 0.3 is 0 Å². The van der Waals surface area contributed by atoms with Crippen molar-refractivity contribution in [2.24, 2.45) is 5.92 Å². The molecule has 0 unspecified atom stereocenters.